The van der Waals surface area contributed by atoms with Crippen LogP contribution in [0.5, 0.6) is 0 Å². The molecule has 0 saturated carbocycles. The molecule has 1 aromatic rings. The second-order valence-electron chi connectivity index (χ2n) is 4.30. The summed E-state index contributed by atoms with van der Waals surface area (Å²) in [6, 6.07) is 9.01. The molecule has 0 aliphatic carbocycles. The third-order valence-corrected chi connectivity index (χ3v) is 3.14. The summed E-state index contributed by atoms with van der Waals surface area (Å²) in [4.78, 5) is 0. The van der Waals surface area contributed by atoms with Crippen molar-refractivity contribution in [2.75, 3.05) is 13.1 Å². The van der Waals surface area contributed by atoms with Crippen molar-refractivity contribution in [3.63, 3.8) is 0 Å². The number of piperidine rings is 1. The van der Waals surface area contributed by atoms with Gasteiger partial charge in [-0.25, -0.2) is 0 Å². The van der Waals surface area contributed by atoms with Crippen LogP contribution in [-0.2, 0) is 6.54 Å². The monoisotopic (exact) mass is 202 g/mol. The van der Waals surface area contributed by atoms with Crippen LogP contribution in [0.2, 0.25) is 0 Å². The summed E-state index contributed by atoms with van der Waals surface area (Å²) < 4.78 is 0. The number of hydrogen-bond donors (Lipinski definition) is 2. The Hall–Kier alpha value is -0.795. The average molecular weight is 202 g/mol. The molecule has 0 amide bonds. The zero-order valence-corrected chi connectivity index (χ0v) is 9.42. The van der Waals surface area contributed by atoms with E-state index in [4.69, 9.17) is 0 Å². The van der Waals surface area contributed by atoms with E-state index in [1.54, 1.807) is 0 Å². The summed E-state index contributed by atoms with van der Waals surface area (Å²) in [6.07, 6.45) is 2.56. The zero-order chi connectivity index (χ0) is 10.5. The van der Waals surface area contributed by atoms with Crippen LogP contribution in [0.4, 0.5) is 0 Å². The van der Waals surface area contributed by atoms with Crippen molar-refractivity contribution in [1.82, 2.24) is 10.5 Å². The van der Waals surface area contributed by atoms with Gasteiger partial charge >= 0.3 is 0 Å². The van der Waals surface area contributed by atoms with Gasteiger partial charge in [-0.1, -0.05) is 24.3 Å². The zero-order valence-electron chi connectivity index (χ0n) is 9.42. The molecule has 80 valence electrons. The molecule has 1 aliphatic heterocycles. The molecule has 0 spiro atoms. The van der Waals surface area contributed by atoms with Gasteiger partial charge in [-0.05, 0) is 43.0 Å². The lowest BCUT2D eigenvalue weighted by Gasteiger charge is -2.23. The van der Waals surface area contributed by atoms with Crippen molar-refractivity contribution in [1.29, 1.82) is 0 Å². The smallest absolute Gasteiger partial charge is 0.182 e. The molecular weight excluding hydrogens is 183 g/mol. The van der Waals surface area contributed by atoms with Crippen LogP contribution < -0.4 is 10.5 Å². The van der Waals surface area contributed by atoms with Crippen LogP contribution in [0.3, 0.4) is 0 Å². The standard InChI is InChI=1S/C12H19BN2/c13-15-9-10-2-1-3-12(8-10)11-4-6-14-7-5-11/h1-3,8,11,14-15H,4-7,9,13H2. The van der Waals surface area contributed by atoms with E-state index in [9.17, 15) is 0 Å². The maximum absolute atomic E-state index is 3.41. The summed E-state index contributed by atoms with van der Waals surface area (Å²) in [5, 5.41) is 6.61. The maximum atomic E-state index is 3.41. The minimum absolute atomic E-state index is 0.767. The lowest BCUT2D eigenvalue weighted by Crippen LogP contribution is -2.26. The van der Waals surface area contributed by atoms with Crippen molar-refractivity contribution in [3.05, 3.63) is 35.4 Å². The van der Waals surface area contributed by atoms with Crippen LogP contribution in [0.25, 0.3) is 0 Å². The van der Waals surface area contributed by atoms with Crippen LogP contribution in [0.15, 0.2) is 24.3 Å². The normalized spacial score (nSPS) is 17.9. The highest BCUT2D eigenvalue weighted by Gasteiger charge is 2.14. The Kier molecular flexibility index (Phi) is 3.81. The Morgan fingerprint density at radius 3 is 2.87 bits per heavy atom. The third-order valence-electron chi connectivity index (χ3n) is 3.14. The molecule has 1 aromatic carbocycles. The molecule has 0 bridgehead atoms. The van der Waals surface area contributed by atoms with Crippen molar-refractivity contribution >= 4 is 7.98 Å². The summed E-state index contributed by atoms with van der Waals surface area (Å²) in [5.74, 6) is 0.767. The van der Waals surface area contributed by atoms with Crippen LogP contribution in [0, 0.1) is 0 Å². The summed E-state index contributed by atoms with van der Waals surface area (Å²) >= 11 is 0. The van der Waals surface area contributed by atoms with Gasteiger partial charge in [0.2, 0.25) is 0 Å². The molecule has 2 rings (SSSR count). The Labute approximate surface area is 92.9 Å². The Morgan fingerprint density at radius 2 is 2.13 bits per heavy atom. The molecular formula is C12H19BN2. The van der Waals surface area contributed by atoms with E-state index in [0.29, 0.717) is 0 Å². The SMILES string of the molecule is BNCc1cccc(C2CCNCC2)c1. The number of nitrogens with one attached hydrogen (secondary N) is 2. The molecule has 0 unspecified atom stereocenters. The number of rotatable bonds is 3. The average Bonchev–Trinajstić information content (AvgIpc) is 2.31. The van der Waals surface area contributed by atoms with E-state index >= 15 is 0 Å². The molecule has 1 heterocycles. The fourth-order valence-electron chi connectivity index (χ4n) is 2.32. The van der Waals surface area contributed by atoms with Crippen molar-refractivity contribution in [2.24, 2.45) is 0 Å². The summed E-state index contributed by atoms with van der Waals surface area (Å²) in [7, 11) is 2.00. The highest BCUT2D eigenvalue weighted by molar-refractivity contribution is 6.04. The van der Waals surface area contributed by atoms with Gasteiger partial charge in [-0.15, -0.1) is 0 Å². The van der Waals surface area contributed by atoms with Crippen molar-refractivity contribution < 1.29 is 0 Å². The first kappa shape index (κ1) is 10.7. The van der Waals surface area contributed by atoms with Crippen molar-refractivity contribution in [2.45, 2.75) is 25.3 Å². The van der Waals surface area contributed by atoms with Gasteiger partial charge in [0.25, 0.3) is 0 Å². The minimum Gasteiger partial charge on any atom is -0.358 e. The highest BCUT2D eigenvalue weighted by atomic mass is 14.9. The summed E-state index contributed by atoms with van der Waals surface area (Å²) in [5.41, 5.74) is 2.91. The Bertz CT molecular complexity index is 308. The van der Waals surface area contributed by atoms with Crippen LogP contribution >= 0.6 is 0 Å². The van der Waals surface area contributed by atoms with E-state index < -0.39 is 0 Å². The molecule has 1 saturated heterocycles. The van der Waals surface area contributed by atoms with E-state index in [2.05, 4.69) is 34.8 Å². The quantitative estimate of drug-likeness (QED) is 0.708. The number of hydrogen-bond acceptors (Lipinski definition) is 2. The lowest BCUT2D eigenvalue weighted by molar-refractivity contribution is 0.460. The van der Waals surface area contributed by atoms with Gasteiger partial charge in [0.1, 0.15) is 0 Å². The van der Waals surface area contributed by atoms with E-state index in [-0.39, 0.29) is 0 Å². The molecule has 1 fully saturated rings. The fraction of sp³-hybridized carbons (Fsp3) is 0.500. The van der Waals surface area contributed by atoms with Gasteiger partial charge in [-0.2, -0.15) is 0 Å². The second kappa shape index (κ2) is 5.33. The van der Waals surface area contributed by atoms with Gasteiger partial charge in [-0.3, -0.25) is 0 Å². The van der Waals surface area contributed by atoms with Gasteiger partial charge in [0, 0.05) is 6.54 Å². The molecule has 15 heavy (non-hydrogen) atoms. The molecule has 0 aromatic heterocycles. The number of benzene rings is 1. The van der Waals surface area contributed by atoms with Gasteiger partial charge in [0.05, 0.1) is 0 Å². The van der Waals surface area contributed by atoms with Gasteiger partial charge < -0.3 is 10.5 Å². The highest BCUT2D eigenvalue weighted by Crippen LogP contribution is 2.25. The van der Waals surface area contributed by atoms with Crippen LogP contribution in [-0.4, -0.2) is 21.1 Å². The maximum Gasteiger partial charge on any atom is 0.182 e. The molecule has 2 N–H and O–H groups in total. The van der Waals surface area contributed by atoms with Gasteiger partial charge in [0.15, 0.2) is 7.98 Å². The first-order chi connectivity index (χ1) is 7.40. The van der Waals surface area contributed by atoms with Crippen molar-refractivity contribution in [3.8, 4) is 0 Å². The third kappa shape index (κ3) is 2.83. The predicted octanol–water partition coefficient (Wildman–Crippen LogP) is 0.791. The Balaban J connectivity index is 2.09. The second-order valence-corrected chi connectivity index (χ2v) is 4.30. The first-order valence-electron chi connectivity index (χ1n) is 5.84. The molecule has 0 radical (unpaired) electrons. The molecule has 3 heteroatoms. The minimum atomic E-state index is 0.767. The molecule has 0 atom stereocenters. The predicted molar refractivity (Wildman–Crippen MR) is 66.7 cm³/mol. The summed E-state index contributed by atoms with van der Waals surface area (Å²) in [6.45, 7) is 3.31. The largest absolute Gasteiger partial charge is 0.358 e. The molecule has 2 nitrogen and oxygen atoms in total. The van der Waals surface area contributed by atoms with E-state index in [1.807, 2.05) is 7.98 Å². The fourth-order valence-corrected chi connectivity index (χ4v) is 2.32. The first-order valence-corrected chi connectivity index (χ1v) is 5.84. The van der Waals surface area contributed by atoms with E-state index in [1.165, 1.54) is 37.1 Å². The lowest BCUT2D eigenvalue weighted by atomic mass is 9.89. The van der Waals surface area contributed by atoms with Crippen LogP contribution in [0.1, 0.15) is 29.9 Å². The van der Waals surface area contributed by atoms with E-state index in [0.717, 1.165) is 12.5 Å². The molecule has 1 aliphatic rings. The topological polar surface area (TPSA) is 24.1 Å². The Morgan fingerprint density at radius 1 is 1.33 bits per heavy atom.